The molecule has 0 radical (unpaired) electrons. The van der Waals surface area contributed by atoms with Crippen molar-refractivity contribution in [2.75, 3.05) is 7.05 Å². The molecule has 1 atom stereocenters. The maximum absolute atomic E-state index is 12.6. The molecular weight excluding hydrogens is 300 g/mol. The number of carbonyl (C=O) groups is 2. The molecule has 0 bridgehead atoms. The zero-order chi connectivity index (χ0) is 17.9. The first-order chi connectivity index (χ1) is 11.2. The Balaban J connectivity index is 2.08. The van der Waals surface area contributed by atoms with Crippen LogP contribution in [0.1, 0.15) is 57.6 Å². The fraction of sp³-hybridized carbons (Fsp3) is 0.500. The molecule has 24 heavy (non-hydrogen) atoms. The Bertz CT molecular complexity index is 632. The largest absolute Gasteiger partial charge is 0.329 e. The maximum atomic E-state index is 12.6. The van der Waals surface area contributed by atoms with Crippen molar-refractivity contribution >= 4 is 17.4 Å². The molecule has 0 aromatic heterocycles. The average Bonchev–Trinajstić information content (AvgIpc) is 2.54. The van der Waals surface area contributed by atoms with E-state index >= 15 is 0 Å². The zero-order valence-corrected chi connectivity index (χ0v) is 15.2. The van der Waals surface area contributed by atoms with Crippen LogP contribution in [-0.4, -0.2) is 29.8 Å². The highest BCUT2D eigenvalue weighted by Crippen LogP contribution is 2.24. The Kier molecular flexibility index (Phi) is 5.47. The number of urea groups is 1. The molecule has 1 N–H and O–H groups in total. The van der Waals surface area contributed by atoms with Gasteiger partial charge in [-0.15, -0.1) is 0 Å². The standard InChI is InChI=1S/C20H28N2O2/c1-14(2)15-10-12-16(13-11-15)20(3,4)21-19(24)22(5)17-8-6-7-9-18(17)23/h10-13,17H,1,6-9H2,2-5H3,(H,21,24). The number of nitrogens with one attached hydrogen (secondary N) is 1. The lowest BCUT2D eigenvalue weighted by atomic mass is 9.92. The first kappa shape index (κ1) is 18.2. The highest BCUT2D eigenvalue weighted by molar-refractivity contribution is 5.89. The van der Waals surface area contributed by atoms with Crippen LogP contribution >= 0.6 is 0 Å². The van der Waals surface area contributed by atoms with Gasteiger partial charge in [0.2, 0.25) is 0 Å². The molecule has 0 heterocycles. The number of amides is 2. The topological polar surface area (TPSA) is 49.4 Å². The van der Waals surface area contributed by atoms with Crippen molar-refractivity contribution in [1.29, 1.82) is 0 Å². The van der Waals surface area contributed by atoms with E-state index in [2.05, 4.69) is 11.9 Å². The molecule has 0 spiro atoms. The first-order valence-corrected chi connectivity index (χ1v) is 8.56. The van der Waals surface area contributed by atoms with E-state index in [1.807, 2.05) is 45.0 Å². The summed E-state index contributed by atoms with van der Waals surface area (Å²) in [6, 6.07) is 7.55. The normalized spacial score (nSPS) is 18.2. The van der Waals surface area contributed by atoms with Crippen molar-refractivity contribution in [3.8, 4) is 0 Å². The molecule has 1 unspecified atom stereocenters. The molecule has 0 aliphatic heterocycles. The van der Waals surface area contributed by atoms with Gasteiger partial charge in [0.05, 0.1) is 11.6 Å². The third-order valence-electron chi connectivity index (χ3n) is 4.83. The van der Waals surface area contributed by atoms with Crippen LogP contribution in [0.4, 0.5) is 4.79 Å². The van der Waals surface area contributed by atoms with Crippen molar-refractivity contribution in [2.24, 2.45) is 0 Å². The van der Waals surface area contributed by atoms with E-state index in [1.54, 1.807) is 11.9 Å². The van der Waals surface area contributed by atoms with Gasteiger partial charge in [-0.25, -0.2) is 4.79 Å². The summed E-state index contributed by atoms with van der Waals surface area (Å²) in [4.78, 5) is 26.2. The van der Waals surface area contributed by atoms with Crippen LogP contribution in [0.15, 0.2) is 30.8 Å². The van der Waals surface area contributed by atoms with Gasteiger partial charge in [0.15, 0.2) is 5.78 Å². The molecule has 4 nitrogen and oxygen atoms in total. The summed E-state index contributed by atoms with van der Waals surface area (Å²) in [6.45, 7) is 9.85. The molecule has 2 amide bonds. The highest BCUT2D eigenvalue weighted by Gasteiger charge is 2.31. The number of Topliss-reactive ketones (excluding diaryl/α,β-unsaturated/α-hetero) is 1. The summed E-state index contributed by atoms with van der Waals surface area (Å²) in [5, 5.41) is 3.05. The van der Waals surface area contributed by atoms with Gasteiger partial charge in [-0.1, -0.05) is 42.8 Å². The van der Waals surface area contributed by atoms with E-state index in [9.17, 15) is 9.59 Å². The van der Waals surface area contributed by atoms with E-state index in [0.29, 0.717) is 6.42 Å². The van der Waals surface area contributed by atoms with Crippen LogP contribution in [0, 0.1) is 0 Å². The molecule has 1 aromatic carbocycles. The summed E-state index contributed by atoms with van der Waals surface area (Å²) >= 11 is 0. The predicted octanol–water partition coefficient (Wildman–Crippen LogP) is 4.11. The van der Waals surface area contributed by atoms with E-state index in [-0.39, 0.29) is 17.9 Å². The molecule has 1 aromatic rings. The van der Waals surface area contributed by atoms with Gasteiger partial charge >= 0.3 is 6.03 Å². The van der Waals surface area contributed by atoms with Gasteiger partial charge < -0.3 is 10.2 Å². The van der Waals surface area contributed by atoms with Crippen LogP contribution < -0.4 is 5.32 Å². The number of carbonyl (C=O) groups excluding carboxylic acids is 2. The minimum Gasteiger partial charge on any atom is -0.329 e. The van der Waals surface area contributed by atoms with Gasteiger partial charge in [0.1, 0.15) is 0 Å². The lowest BCUT2D eigenvalue weighted by Crippen LogP contribution is -2.52. The zero-order valence-electron chi connectivity index (χ0n) is 15.2. The second-order valence-electron chi connectivity index (χ2n) is 7.25. The van der Waals surface area contributed by atoms with Crippen molar-refractivity contribution in [1.82, 2.24) is 10.2 Å². The number of hydrogen-bond donors (Lipinski definition) is 1. The number of likely N-dealkylation sites (N-methyl/N-ethyl adjacent to an activating group) is 1. The Labute approximate surface area is 144 Å². The fourth-order valence-corrected chi connectivity index (χ4v) is 3.11. The second-order valence-corrected chi connectivity index (χ2v) is 7.25. The molecule has 1 fully saturated rings. The Morgan fingerprint density at radius 2 is 1.88 bits per heavy atom. The molecule has 2 rings (SSSR count). The number of benzene rings is 1. The summed E-state index contributed by atoms with van der Waals surface area (Å²) in [6.07, 6.45) is 3.27. The predicted molar refractivity (Wildman–Crippen MR) is 97.7 cm³/mol. The van der Waals surface area contributed by atoms with Crippen LogP contribution in [0.5, 0.6) is 0 Å². The van der Waals surface area contributed by atoms with Crippen molar-refractivity contribution in [3.05, 3.63) is 42.0 Å². The second kappa shape index (κ2) is 7.20. The lowest BCUT2D eigenvalue weighted by Gasteiger charge is -2.34. The highest BCUT2D eigenvalue weighted by atomic mass is 16.2. The van der Waals surface area contributed by atoms with Gasteiger partial charge in [0, 0.05) is 13.5 Å². The minimum absolute atomic E-state index is 0.169. The molecule has 4 heteroatoms. The molecule has 0 saturated heterocycles. The summed E-state index contributed by atoms with van der Waals surface area (Å²) < 4.78 is 0. The van der Waals surface area contributed by atoms with E-state index < -0.39 is 5.54 Å². The van der Waals surface area contributed by atoms with Crippen LogP contribution in [0.2, 0.25) is 0 Å². The van der Waals surface area contributed by atoms with E-state index in [0.717, 1.165) is 36.0 Å². The number of ketones is 1. The quantitative estimate of drug-likeness (QED) is 0.904. The molecule has 1 saturated carbocycles. The Hall–Kier alpha value is -2.10. The van der Waals surface area contributed by atoms with Crippen LogP contribution in [-0.2, 0) is 10.3 Å². The molecular formula is C20H28N2O2. The monoisotopic (exact) mass is 328 g/mol. The smallest absolute Gasteiger partial charge is 0.318 e. The van der Waals surface area contributed by atoms with Crippen molar-refractivity contribution in [3.63, 3.8) is 0 Å². The molecule has 130 valence electrons. The van der Waals surface area contributed by atoms with E-state index in [1.165, 1.54) is 0 Å². The Morgan fingerprint density at radius 3 is 2.42 bits per heavy atom. The third-order valence-corrected chi connectivity index (χ3v) is 4.83. The van der Waals surface area contributed by atoms with Gasteiger partial charge in [0.25, 0.3) is 0 Å². The SMILES string of the molecule is C=C(C)c1ccc(C(C)(C)NC(=O)N(C)C2CCCCC2=O)cc1. The summed E-state index contributed by atoms with van der Waals surface area (Å²) in [7, 11) is 1.71. The first-order valence-electron chi connectivity index (χ1n) is 8.56. The lowest BCUT2D eigenvalue weighted by molar-refractivity contribution is -0.124. The summed E-state index contributed by atoms with van der Waals surface area (Å²) in [5.74, 6) is 0.169. The number of rotatable bonds is 4. The van der Waals surface area contributed by atoms with Crippen molar-refractivity contribution < 1.29 is 9.59 Å². The van der Waals surface area contributed by atoms with Gasteiger partial charge in [-0.05, 0) is 44.7 Å². The van der Waals surface area contributed by atoms with Crippen LogP contribution in [0.3, 0.4) is 0 Å². The van der Waals surface area contributed by atoms with Crippen molar-refractivity contribution in [2.45, 2.75) is 58.0 Å². The molecule has 1 aliphatic carbocycles. The van der Waals surface area contributed by atoms with Gasteiger partial charge in [-0.2, -0.15) is 0 Å². The molecule has 1 aliphatic rings. The van der Waals surface area contributed by atoms with Crippen LogP contribution in [0.25, 0.3) is 5.57 Å². The minimum atomic E-state index is -0.517. The van der Waals surface area contributed by atoms with E-state index in [4.69, 9.17) is 0 Å². The third kappa shape index (κ3) is 4.05. The van der Waals surface area contributed by atoms with Gasteiger partial charge in [-0.3, -0.25) is 4.79 Å². The number of nitrogens with zero attached hydrogens (tertiary/aromatic N) is 1. The fourth-order valence-electron chi connectivity index (χ4n) is 3.11. The average molecular weight is 328 g/mol. The number of hydrogen-bond acceptors (Lipinski definition) is 2. The maximum Gasteiger partial charge on any atom is 0.318 e. The Morgan fingerprint density at radius 1 is 1.25 bits per heavy atom. The number of allylic oxidation sites excluding steroid dienone is 1. The summed E-state index contributed by atoms with van der Waals surface area (Å²) in [5.41, 5.74) is 2.60.